The minimum Gasteiger partial charge on any atom is -0.396 e. The molecule has 0 spiro atoms. The van der Waals surface area contributed by atoms with Crippen LogP contribution in [0.25, 0.3) is 11.1 Å². The molecule has 0 saturated heterocycles. The fourth-order valence-corrected chi connectivity index (χ4v) is 2.31. The molecule has 1 fully saturated rings. The Hall–Kier alpha value is -2.62. The first-order valence-corrected chi connectivity index (χ1v) is 7.85. The van der Waals surface area contributed by atoms with E-state index in [0.29, 0.717) is 5.92 Å². The van der Waals surface area contributed by atoms with Crippen molar-refractivity contribution in [3.8, 4) is 11.1 Å². The van der Waals surface area contributed by atoms with Crippen LogP contribution in [0.5, 0.6) is 0 Å². The summed E-state index contributed by atoms with van der Waals surface area (Å²) in [7, 11) is 0. The van der Waals surface area contributed by atoms with Crippen LogP contribution in [0.4, 0.5) is 5.69 Å². The van der Waals surface area contributed by atoms with Crippen LogP contribution in [0.3, 0.4) is 0 Å². The lowest BCUT2D eigenvalue weighted by atomic mass is 10.0. The summed E-state index contributed by atoms with van der Waals surface area (Å²) in [5.41, 5.74) is 3.84. The molecule has 4 heteroatoms. The number of hydrogen-bond donors (Lipinski definition) is 1. The van der Waals surface area contributed by atoms with Crippen LogP contribution < -0.4 is 5.32 Å². The van der Waals surface area contributed by atoms with E-state index in [9.17, 15) is 4.79 Å². The molecule has 0 bridgehead atoms. The molecule has 2 aromatic rings. The smallest absolute Gasteiger partial charge is 0.221 e. The number of hydrogen-bond acceptors (Lipinski definition) is 3. The highest BCUT2D eigenvalue weighted by Gasteiger charge is 2.21. The molecule has 118 valence electrons. The molecule has 1 amide bonds. The van der Waals surface area contributed by atoms with Crippen LogP contribution in [0, 0.1) is 5.92 Å². The Bertz CT molecular complexity index is 704. The number of anilines is 1. The van der Waals surface area contributed by atoms with Crippen molar-refractivity contribution in [1.82, 2.24) is 0 Å². The number of carbonyl (C=O) groups excluding carboxylic acids is 1. The summed E-state index contributed by atoms with van der Waals surface area (Å²) < 4.78 is 0. The largest absolute Gasteiger partial charge is 0.396 e. The topological polar surface area (TPSA) is 50.7 Å². The van der Waals surface area contributed by atoms with Crippen LogP contribution in [0.2, 0.25) is 0 Å². The van der Waals surface area contributed by atoms with Crippen molar-refractivity contribution in [2.24, 2.45) is 11.1 Å². The normalized spacial score (nSPS) is 14.0. The maximum Gasteiger partial charge on any atom is 0.221 e. The number of carbonyl (C=O) groups is 1. The van der Waals surface area contributed by atoms with Gasteiger partial charge in [0, 0.05) is 18.2 Å². The number of rotatable bonds is 6. The predicted molar refractivity (Wildman–Crippen MR) is 92.5 cm³/mol. The molecular formula is C19H20N2O2. The number of nitrogens with one attached hydrogen (secondary N) is 1. The lowest BCUT2D eigenvalue weighted by Gasteiger charge is -2.10. The number of amides is 1. The van der Waals surface area contributed by atoms with E-state index in [2.05, 4.69) is 10.5 Å². The predicted octanol–water partition coefficient (Wildman–Crippen LogP) is 4.07. The Morgan fingerprint density at radius 3 is 2.65 bits per heavy atom. The maximum atomic E-state index is 11.3. The van der Waals surface area contributed by atoms with E-state index in [-0.39, 0.29) is 5.91 Å². The van der Waals surface area contributed by atoms with Gasteiger partial charge >= 0.3 is 0 Å². The summed E-state index contributed by atoms with van der Waals surface area (Å²) in [4.78, 5) is 16.6. The average molecular weight is 308 g/mol. The first kappa shape index (κ1) is 15.3. The molecule has 0 unspecified atom stereocenters. The fraction of sp³-hybridized carbons (Fsp3) is 0.263. The average Bonchev–Trinajstić information content (AvgIpc) is 3.37. The summed E-state index contributed by atoms with van der Waals surface area (Å²) in [5, 5.41) is 6.86. The van der Waals surface area contributed by atoms with Gasteiger partial charge in [-0.15, -0.1) is 0 Å². The molecule has 1 aliphatic rings. The van der Waals surface area contributed by atoms with E-state index in [4.69, 9.17) is 4.84 Å². The molecule has 0 aliphatic heterocycles. The third-order valence-electron chi connectivity index (χ3n) is 3.74. The van der Waals surface area contributed by atoms with E-state index in [1.807, 2.05) is 48.5 Å². The SMILES string of the molecule is CC(=O)Nc1ccccc1-c1ccc(/C=N\OCC2CC2)cc1. The summed E-state index contributed by atoms with van der Waals surface area (Å²) in [6.07, 6.45) is 4.25. The standard InChI is InChI=1S/C19H20N2O2/c1-14(22)21-19-5-3-2-4-18(19)17-10-8-15(9-11-17)12-20-23-13-16-6-7-16/h2-5,8-12,16H,6-7,13H2,1H3,(H,21,22)/b20-12-. The van der Waals surface area contributed by atoms with Gasteiger partial charge in [-0.3, -0.25) is 4.79 Å². The van der Waals surface area contributed by atoms with Gasteiger partial charge in [-0.25, -0.2) is 0 Å². The summed E-state index contributed by atoms with van der Waals surface area (Å²) in [6.45, 7) is 2.23. The number of nitrogens with zero attached hydrogens (tertiary/aromatic N) is 1. The van der Waals surface area contributed by atoms with Gasteiger partial charge in [-0.1, -0.05) is 47.6 Å². The second-order valence-electron chi connectivity index (χ2n) is 5.82. The Morgan fingerprint density at radius 1 is 1.22 bits per heavy atom. The van der Waals surface area contributed by atoms with Gasteiger partial charge in [-0.2, -0.15) is 0 Å². The molecule has 1 saturated carbocycles. The van der Waals surface area contributed by atoms with Gasteiger partial charge < -0.3 is 10.2 Å². The molecule has 1 N–H and O–H groups in total. The van der Waals surface area contributed by atoms with Gasteiger partial charge in [0.15, 0.2) is 0 Å². The maximum absolute atomic E-state index is 11.3. The van der Waals surface area contributed by atoms with Crippen molar-refractivity contribution in [2.45, 2.75) is 19.8 Å². The monoisotopic (exact) mass is 308 g/mol. The molecule has 23 heavy (non-hydrogen) atoms. The van der Waals surface area contributed by atoms with Gasteiger partial charge in [0.25, 0.3) is 0 Å². The first-order valence-electron chi connectivity index (χ1n) is 7.85. The highest BCUT2D eigenvalue weighted by atomic mass is 16.6. The second-order valence-corrected chi connectivity index (χ2v) is 5.82. The third kappa shape index (κ3) is 4.42. The van der Waals surface area contributed by atoms with Gasteiger partial charge in [0.2, 0.25) is 5.91 Å². The van der Waals surface area contributed by atoms with Crippen LogP contribution in [0.1, 0.15) is 25.3 Å². The van der Waals surface area contributed by atoms with E-state index in [0.717, 1.165) is 29.0 Å². The minimum absolute atomic E-state index is 0.0750. The molecule has 3 rings (SSSR count). The van der Waals surface area contributed by atoms with Crippen LogP contribution >= 0.6 is 0 Å². The zero-order valence-corrected chi connectivity index (χ0v) is 13.2. The van der Waals surface area contributed by atoms with Crippen LogP contribution in [-0.2, 0) is 9.63 Å². The van der Waals surface area contributed by atoms with Crippen molar-refractivity contribution in [3.63, 3.8) is 0 Å². The van der Waals surface area contributed by atoms with E-state index in [1.54, 1.807) is 6.21 Å². The molecular weight excluding hydrogens is 288 g/mol. The highest BCUT2D eigenvalue weighted by molar-refractivity contribution is 5.94. The van der Waals surface area contributed by atoms with Gasteiger partial charge in [0.05, 0.1) is 6.21 Å². The lowest BCUT2D eigenvalue weighted by molar-refractivity contribution is -0.114. The van der Waals surface area contributed by atoms with Crippen molar-refractivity contribution in [3.05, 3.63) is 54.1 Å². The quantitative estimate of drug-likeness (QED) is 0.646. The second kappa shape index (κ2) is 7.09. The van der Waals surface area contributed by atoms with Crippen molar-refractivity contribution in [2.75, 3.05) is 11.9 Å². The molecule has 1 aliphatic carbocycles. The Labute approximate surface area is 136 Å². The highest BCUT2D eigenvalue weighted by Crippen LogP contribution is 2.29. The van der Waals surface area contributed by atoms with Gasteiger partial charge in [0.1, 0.15) is 6.61 Å². The summed E-state index contributed by atoms with van der Waals surface area (Å²) >= 11 is 0. The van der Waals surface area contributed by atoms with Crippen LogP contribution in [-0.4, -0.2) is 18.7 Å². The number of benzene rings is 2. The molecule has 2 aromatic carbocycles. The molecule has 0 heterocycles. The van der Waals surface area contributed by atoms with Gasteiger partial charge in [-0.05, 0) is 36.0 Å². The Balaban J connectivity index is 1.70. The molecule has 0 aromatic heterocycles. The lowest BCUT2D eigenvalue weighted by Crippen LogP contribution is -2.06. The van der Waals surface area contributed by atoms with Crippen molar-refractivity contribution >= 4 is 17.8 Å². The Morgan fingerprint density at radius 2 is 1.96 bits per heavy atom. The molecule has 0 radical (unpaired) electrons. The summed E-state index contributed by atoms with van der Waals surface area (Å²) in [6, 6.07) is 15.8. The van der Waals surface area contributed by atoms with Crippen molar-refractivity contribution < 1.29 is 9.63 Å². The van der Waals surface area contributed by atoms with E-state index in [1.165, 1.54) is 19.8 Å². The van der Waals surface area contributed by atoms with E-state index >= 15 is 0 Å². The van der Waals surface area contributed by atoms with E-state index < -0.39 is 0 Å². The fourth-order valence-electron chi connectivity index (χ4n) is 2.31. The first-order chi connectivity index (χ1) is 11.2. The Kier molecular flexibility index (Phi) is 4.71. The third-order valence-corrected chi connectivity index (χ3v) is 3.74. The zero-order valence-electron chi connectivity index (χ0n) is 13.2. The minimum atomic E-state index is -0.0750. The molecule has 4 nitrogen and oxygen atoms in total. The van der Waals surface area contributed by atoms with Crippen LogP contribution in [0.15, 0.2) is 53.7 Å². The van der Waals surface area contributed by atoms with Crippen molar-refractivity contribution in [1.29, 1.82) is 0 Å². The number of para-hydroxylation sites is 1. The zero-order chi connectivity index (χ0) is 16.1. The summed E-state index contributed by atoms with van der Waals surface area (Å²) in [5.74, 6) is 0.633. The molecule has 0 atom stereocenters. The number of oxime groups is 1.